The summed E-state index contributed by atoms with van der Waals surface area (Å²) in [5.74, 6) is 6.51. The Morgan fingerprint density at radius 2 is 2.05 bits per heavy atom. The number of methoxy groups -OCH3 is 1. The lowest BCUT2D eigenvalue weighted by Crippen LogP contribution is -2.01. The van der Waals surface area contributed by atoms with Gasteiger partial charge in [-0.3, -0.25) is 0 Å². The Labute approximate surface area is 118 Å². The van der Waals surface area contributed by atoms with Gasteiger partial charge in [-0.15, -0.1) is 11.6 Å². The molecule has 0 radical (unpaired) electrons. The van der Waals surface area contributed by atoms with E-state index in [1.165, 1.54) is 12.1 Å². The van der Waals surface area contributed by atoms with Crippen molar-refractivity contribution in [3.05, 3.63) is 29.6 Å². The number of ether oxygens (including phenoxy) is 2. The molecule has 0 heterocycles. The van der Waals surface area contributed by atoms with E-state index in [0.717, 1.165) is 12.8 Å². The van der Waals surface area contributed by atoms with Gasteiger partial charge in [0.2, 0.25) is 0 Å². The maximum absolute atomic E-state index is 13.2. The molecule has 104 valence electrons. The summed E-state index contributed by atoms with van der Waals surface area (Å²) in [6.07, 6.45) is 2.38. The van der Waals surface area contributed by atoms with Crippen LogP contribution in [0.1, 0.15) is 24.8 Å². The van der Waals surface area contributed by atoms with Gasteiger partial charge in [0.25, 0.3) is 0 Å². The standard InChI is InChI=1S/C15H18ClFO2/c1-18-10-4-5-11-19-15-12-14(17)8-7-13(15)6-2-3-9-16/h7-8,12H,3-5,9-11H2,1H3. The fourth-order valence-corrected chi connectivity index (χ4v) is 1.55. The van der Waals surface area contributed by atoms with E-state index in [1.807, 2.05) is 0 Å². The molecule has 0 saturated carbocycles. The molecular weight excluding hydrogens is 267 g/mol. The lowest BCUT2D eigenvalue weighted by molar-refractivity contribution is 0.184. The molecule has 0 unspecified atom stereocenters. The van der Waals surface area contributed by atoms with E-state index >= 15 is 0 Å². The van der Waals surface area contributed by atoms with Gasteiger partial charge in [-0.1, -0.05) is 11.8 Å². The van der Waals surface area contributed by atoms with Gasteiger partial charge < -0.3 is 9.47 Å². The zero-order valence-corrected chi connectivity index (χ0v) is 11.8. The summed E-state index contributed by atoms with van der Waals surface area (Å²) in [5.41, 5.74) is 0.693. The zero-order chi connectivity index (χ0) is 13.9. The molecule has 0 aliphatic heterocycles. The van der Waals surface area contributed by atoms with E-state index in [1.54, 1.807) is 13.2 Å². The van der Waals surface area contributed by atoms with Crippen molar-refractivity contribution < 1.29 is 13.9 Å². The van der Waals surface area contributed by atoms with Crippen LogP contribution >= 0.6 is 11.6 Å². The zero-order valence-electron chi connectivity index (χ0n) is 11.0. The summed E-state index contributed by atoms with van der Waals surface area (Å²) in [7, 11) is 1.66. The molecule has 4 heteroatoms. The van der Waals surface area contributed by atoms with E-state index < -0.39 is 0 Å². The number of alkyl halides is 1. The van der Waals surface area contributed by atoms with E-state index in [9.17, 15) is 4.39 Å². The van der Waals surface area contributed by atoms with Crippen LogP contribution < -0.4 is 4.74 Å². The van der Waals surface area contributed by atoms with Crippen molar-refractivity contribution in [1.29, 1.82) is 0 Å². The maximum atomic E-state index is 13.2. The van der Waals surface area contributed by atoms with Gasteiger partial charge in [-0.25, -0.2) is 4.39 Å². The van der Waals surface area contributed by atoms with Crippen LogP contribution in [-0.4, -0.2) is 26.2 Å². The lowest BCUT2D eigenvalue weighted by Gasteiger charge is -2.08. The Balaban J connectivity index is 2.59. The lowest BCUT2D eigenvalue weighted by atomic mass is 10.2. The van der Waals surface area contributed by atoms with E-state index in [0.29, 0.717) is 36.8 Å². The van der Waals surface area contributed by atoms with E-state index in [2.05, 4.69) is 11.8 Å². The van der Waals surface area contributed by atoms with Crippen LogP contribution in [0.25, 0.3) is 0 Å². The number of hydrogen-bond acceptors (Lipinski definition) is 2. The van der Waals surface area contributed by atoms with Crippen molar-refractivity contribution in [2.75, 3.05) is 26.2 Å². The number of unbranched alkanes of at least 4 members (excludes halogenated alkanes) is 1. The summed E-state index contributed by atoms with van der Waals surface area (Å²) in [6, 6.07) is 4.37. The Morgan fingerprint density at radius 1 is 1.26 bits per heavy atom. The van der Waals surface area contributed by atoms with Crippen molar-refractivity contribution in [2.45, 2.75) is 19.3 Å². The highest BCUT2D eigenvalue weighted by Gasteiger charge is 2.03. The first-order valence-electron chi connectivity index (χ1n) is 6.24. The van der Waals surface area contributed by atoms with Crippen molar-refractivity contribution >= 4 is 11.6 Å². The first-order valence-corrected chi connectivity index (χ1v) is 6.77. The van der Waals surface area contributed by atoms with Crippen LogP contribution in [0.3, 0.4) is 0 Å². The highest BCUT2D eigenvalue weighted by Crippen LogP contribution is 2.19. The summed E-state index contributed by atoms with van der Waals surface area (Å²) in [5, 5.41) is 0. The van der Waals surface area contributed by atoms with Gasteiger partial charge in [-0.2, -0.15) is 0 Å². The number of rotatable bonds is 7. The molecule has 0 spiro atoms. The largest absolute Gasteiger partial charge is 0.492 e. The molecule has 0 aliphatic carbocycles. The fraction of sp³-hybridized carbons (Fsp3) is 0.467. The molecule has 0 fully saturated rings. The molecule has 0 aliphatic rings. The molecule has 2 nitrogen and oxygen atoms in total. The fourth-order valence-electron chi connectivity index (χ4n) is 1.45. The topological polar surface area (TPSA) is 18.5 Å². The average molecular weight is 285 g/mol. The van der Waals surface area contributed by atoms with Crippen molar-refractivity contribution in [1.82, 2.24) is 0 Å². The average Bonchev–Trinajstić information content (AvgIpc) is 2.41. The third kappa shape index (κ3) is 6.47. The van der Waals surface area contributed by atoms with Gasteiger partial charge in [0.05, 0.1) is 12.2 Å². The first kappa shape index (κ1) is 15.8. The monoisotopic (exact) mass is 284 g/mol. The van der Waals surface area contributed by atoms with Crippen molar-refractivity contribution in [2.24, 2.45) is 0 Å². The molecule has 19 heavy (non-hydrogen) atoms. The smallest absolute Gasteiger partial charge is 0.137 e. The van der Waals surface area contributed by atoms with Crippen molar-refractivity contribution in [3.8, 4) is 17.6 Å². The highest BCUT2D eigenvalue weighted by molar-refractivity contribution is 6.18. The third-order valence-corrected chi connectivity index (χ3v) is 2.58. The highest BCUT2D eigenvalue weighted by atomic mass is 35.5. The number of halogens is 2. The number of hydrogen-bond donors (Lipinski definition) is 0. The normalized spacial score (nSPS) is 9.84. The number of benzene rings is 1. The van der Waals surface area contributed by atoms with Gasteiger partial charge >= 0.3 is 0 Å². The SMILES string of the molecule is COCCCCOc1cc(F)ccc1C#CCCCl. The molecule has 1 aromatic carbocycles. The Morgan fingerprint density at radius 3 is 2.79 bits per heavy atom. The second-order valence-electron chi connectivity index (χ2n) is 3.93. The minimum Gasteiger partial charge on any atom is -0.492 e. The molecule has 0 aromatic heterocycles. The summed E-state index contributed by atoms with van der Waals surface area (Å²) < 4.78 is 23.7. The molecule has 0 bridgehead atoms. The predicted octanol–water partition coefficient (Wildman–Crippen LogP) is 3.61. The summed E-state index contributed by atoms with van der Waals surface area (Å²) in [4.78, 5) is 0. The van der Waals surface area contributed by atoms with Crippen LogP contribution in [0.15, 0.2) is 18.2 Å². The second-order valence-corrected chi connectivity index (χ2v) is 4.31. The Hall–Kier alpha value is -1.24. The molecule has 0 N–H and O–H groups in total. The van der Waals surface area contributed by atoms with Gasteiger partial charge in [0, 0.05) is 32.1 Å². The summed E-state index contributed by atoms with van der Waals surface area (Å²) >= 11 is 5.56. The van der Waals surface area contributed by atoms with Crippen LogP contribution in [0.4, 0.5) is 4.39 Å². The third-order valence-electron chi connectivity index (χ3n) is 2.39. The molecule has 0 amide bonds. The van der Waals surface area contributed by atoms with Gasteiger partial charge in [-0.05, 0) is 25.0 Å². The molecule has 1 rings (SSSR count). The van der Waals surface area contributed by atoms with Gasteiger partial charge in [0.1, 0.15) is 11.6 Å². The molecule has 0 saturated heterocycles. The van der Waals surface area contributed by atoms with Crippen LogP contribution in [0.5, 0.6) is 5.75 Å². The van der Waals surface area contributed by atoms with E-state index in [-0.39, 0.29) is 5.82 Å². The van der Waals surface area contributed by atoms with Crippen molar-refractivity contribution in [3.63, 3.8) is 0 Å². The van der Waals surface area contributed by atoms with Crippen LogP contribution in [0, 0.1) is 17.7 Å². The second kappa shape index (κ2) is 9.66. The minimum absolute atomic E-state index is 0.324. The maximum Gasteiger partial charge on any atom is 0.137 e. The first-order chi connectivity index (χ1) is 9.27. The predicted molar refractivity (Wildman–Crippen MR) is 75.2 cm³/mol. The Bertz CT molecular complexity index is 438. The van der Waals surface area contributed by atoms with Crippen LogP contribution in [-0.2, 0) is 4.74 Å². The molecular formula is C15H18ClFO2. The molecule has 0 atom stereocenters. The van der Waals surface area contributed by atoms with Gasteiger partial charge in [0.15, 0.2) is 0 Å². The minimum atomic E-state index is -0.324. The Kier molecular flexibility index (Phi) is 8.04. The summed E-state index contributed by atoms with van der Waals surface area (Å²) in [6.45, 7) is 1.23. The van der Waals surface area contributed by atoms with E-state index in [4.69, 9.17) is 21.1 Å². The molecule has 1 aromatic rings. The van der Waals surface area contributed by atoms with Crippen LogP contribution in [0.2, 0.25) is 0 Å². The quantitative estimate of drug-likeness (QED) is 0.433.